The van der Waals surface area contributed by atoms with Crippen molar-refractivity contribution in [3.63, 3.8) is 0 Å². The highest BCUT2D eigenvalue weighted by Crippen LogP contribution is 2.46. The molecule has 0 saturated carbocycles. The van der Waals surface area contributed by atoms with Crippen molar-refractivity contribution in [1.82, 2.24) is 4.90 Å². The number of furan rings is 1. The highest BCUT2D eigenvalue weighted by atomic mass is 16.4. The fourth-order valence-corrected chi connectivity index (χ4v) is 4.45. The molecule has 0 aliphatic heterocycles. The summed E-state index contributed by atoms with van der Waals surface area (Å²) in [5, 5.41) is 18.3. The number of carbonyl (C=O) groups excluding carboxylic acids is 1. The number of aliphatic hydroxyl groups excluding tert-OH is 2. The van der Waals surface area contributed by atoms with Crippen molar-refractivity contribution in [3.8, 4) is 0 Å². The van der Waals surface area contributed by atoms with Gasteiger partial charge in [-0.25, -0.2) is 0 Å². The number of aliphatic hydroxyl groups is 2. The third-order valence-corrected chi connectivity index (χ3v) is 6.57. The van der Waals surface area contributed by atoms with E-state index in [1.165, 1.54) is 40.0 Å². The Balaban J connectivity index is 1.87. The van der Waals surface area contributed by atoms with E-state index in [4.69, 9.17) is 14.6 Å². The van der Waals surface area contributed by atoms with Gasteiger partial charge in [0.2, 0.25) is 0 Å². The summed E-state index contributed by atoms with van der Waals surface area (Å²) in [7, 11) is 0. The molecule has 0 saturated heterocycles. The lowest BCUT2D eigenvalue weighted by Crippen LogP contribution is -2.35. The third-order valence-electron chi connectivity index (χ3n) is 6.57. The Morgan fingerprint density at radius 3 is 2.13 bits per heavy atom. The van der Waals surface area contributed by atoms with Crippen molar-refractivity contribution < 1.29 is 19.4 Å². The Labute approximate surface area is 179 Å². The lowest BCUT2D eigenvalue weighted by molar-refractivity contribution is 0.0652. The quantitative estimate of drug-likeness (QED) is 0.721. The van der Waals surface area contributed by atoms with Crippen molar-refractivity contribution in [2.45, 2.75) is 64.7 Å². The largest absolute Gasteiger partial charge is 0.456 e. The highest BCUT2D eigenvalue weighted by Gasteiger charge is 2.37. The second kappa shape index (κ2) is 8.56. The van der Waals surface area contributed by atoms with Gasteiger partial charge in [-0.05, 0) is 65.0 Å². The fraction of sp³-hybridized carbons (Fsp3) is 0.560. The molecule has 0 radical (unpaired) electrons. The summed E-state index contributed by atoms with van der Waals surface area (Å²) in [4.78, 5) is 14.0. The maximum Gasteiger partial charge on any atom is 0.289 e. The lowest BCUT2D eigenvalue weighted by atomic mass is 9.62. The molecule has 2 N–H and O–H groups in total. The average molecular weight is 414 g/mol. The van der Waals surface area contributed by atoms with E-state index >= 15 is 0 Å². The number of nitrogens with zero attached hydrogens (tertiary/aromatic N) is 1. The molecule has 5 heteroatoms. The van der Waals surface area contributed by atoms with Gasteiger partial charge in [-0.3, -0.25) is 4.79 Å². The van der Waals surface area contributed by atoms with Gasteiger partial charge < -0.3 is 19.5 Å². The van der Waals surface area contributed by atoms with Crippen LogP contribution in [0.15, 0.2) is 28.7 Å². The van der Waals surface area contributed by atoms with Crippen LogP contribution in [-0.4, -0.2) is 47.3 Å². The number of hydrogen-bond donors (Lipinski definition) is 2. The number of fused-ring (bicyclic) bond motifs is 1. The van der Waals surface area contributed by atoms with Gasteiger partial charge in [-0.15, -0.1) is 0 Å². The van der Waals surface area contributed by atoms with Crippen molar-refractivity contribution in [3.05, 3.63) is 58.0 Å². The monoisotopic (exact) mass is 413 g/mol. The van der Waals surface area contributed by atoms with Crippen LogP contribution >= 0.6 is 0 Å². The van der Waals surface area contributed by atoms with Crippen LogP contribution in [0.2, 0.25) is 0 Å². The minimum absolute atomic E-state index is 0.146. The molecule has 0 spiro atoms. The molecule has 1 aromatic carbocycles. The Hall–Kier alpha value is -2.11. The molecule has 3 rings (SSSR count). The summed E-state index contributed by atoms with van der Waals surface area (Å²) in [6, 6.07) is 8.20. The van der Waals surface area contributed by atoms with Crippen LogP contribution in [-0.2, 0) is 17.3 Å². The van der Waals surface area contributed by atoms with E-state index < -0.39 is 0 Å². The van der Waals surface area contributed by atoms with Gasteiger partial charge in [-0.2, -0.15) is 0 Å². The van der Waals surface area contributed by atoms with Crippen molar-refractivity contribution >= 4 is 5.91 Å². The smallest absolute Gasteiger partial charge is 0.289 e. The molecule has 1 aliphatic rings. The Morgan fingerprint density at radius 1 is 1.00 bits per heavy atom. The van der Waals surface area contributed by atoms with Gasteiger partial charge in [0.15, 0.2) is 5.76 Å². The van der Waals surface area contributed by atoms with Crippen LogP contribution in [0.25, 0.3) is 0 Å². The molecule has 2 aromatic rings. The molecule has 1 aliphatic carbocycles. The molecule has 0 bridgehead atoms. The number of carbonyl (C=O) groups is 1. The number of amides is 1. The van der Waals surface area contributed by atoms with E-state index in [-0.39, 0.29) is 48.8 Å². The predicted octanol–water partition coefficient (Wildman–Crippen LogP) is 3.95. The Morgan fingerprint density at radius 2 is 1.57 bits per heavy atom. The zero-order valence-corrected chi connectivity index (χ0v) is 18.9. The first-order chi connectivity index (χ1) is 14.1. The summed E-state index contributed by atoms with van der Waals surface area (Å²) in [5.74, 6) is 0.667. The maximum absolute atomic E-state index is 12.6. The lowest BCUT2D eigenvalue weighted by Gasteiger charge is -2.42. The summed E-state index contributed by atoms with van der Waals surface area (Å²) in [6.07, 6.45) is 2.98. The van der Waals surface area contributed by atoms with Crippen molar-refractivity contribution in [2.24, 2.45) is 0 Å². The first kappa shape index (κ1) is 22.6. The highest BCUT2D eigenvalue weighted by molar-refractivity contribution is 5.91. The molecular weight excluding hydrogens is 378 g/mol. The zero-order valence-electron chi connectivity index (χ0n) is 18.9. The van der Waals surface area contributed by atoms with Gasteiger partial charge in [-0.1, -0.05) is 39.8 Å². The van der Waals surface area contributed by atoms with Gasteiger partial charge in [0, 0.05) is 19.5 Å². The van der Waals surface area contributed by atoms with Gasteiger partial charge in [0.25, 0.3) is 5.91 Å². The van der Waals surface area contributed by atoms with Gasteiger partial charge in [0.05, 0.1) is 13.2 Å². The Bertz CT molecular complexity index is 904. The topological polar surface area (TPSA) is 73.9 Å². The van der Waals surface area contributed by atoms with Gasteiger partial charge >= 0.3 is 0 Å². The van der Waals surface area contributed by atoms with Crippen LogP contribution in [0.1, 0.15) is 79.1 Å². The molecular formula is C25H35NO4. The van der Waals surface area contributed by atoms with Crippen LogP contribution in [0, 0.1) is 6.92 Å². The van der Waals surface area contributed by atoms with Crippen molar-refractivity contribution in [1.29, 1.82) is 0 Å². The normalized spacial score (nSPS) is 16.9. The standard InChI is InChI=1S/C25H35NO4/c1-17-14-20-21(25(4,5)9-8-24(20,2)3)16-18(17)15-19-6-7-22(30-19)23(29)26(10-12-27)11-13-28/h6-7,14,16,27-28H,8-13,15H2,1-5H3. The second-order valence-corrected chi connectivity index (χ2v) is 9.77. The molecule has 0 atom stereocenters. The van der Waals surface area contributed by atoms with E-state index in [0.717, 1.165) is 5.76 Å². The first-order valence-electron chi connectivity index (χ1n) is 10.8. The summed E-state index contributed by atoms with van der Waals surface area (Å²) in [5.41, 5.74) is 5.65. The summed E-state index contributed by atoms with van der Waals surface area (Å²) < 4.78 is 5.86. The van der Waals surface area contributed by atoms with Crippen molar-refractivity contribution in [2.75, 3.05) is 26.3 Å². The molecule has 0 unspecified atom stereocenters. The minimum Gasteiger partial charge on any atom is -0.456 e. The number of rotatable bonds is 7. The molecule has 164 valence electrons. The maximum atomic E-state index is 12.6. The molecule has 1 amide bonds. The van der Waals surface area contributed by atoms with Gasteiger partial charge in [0.1, 0.15) is 5.76 Å². The van der Waals surface area contributed by atoms with E-state index in [1.54, 1.807) is 6.07 Å². The number of hydrogen-bond acceptors (Lipinski definition) is 4. The van der Waals surface area contributed by atoms with Crippen LogP contribution < -0.4 is 0 Å². The van der Waals surface area contributed by atoms with Crippen LogP contribution in [0.5, 0.6) is 0 Å². The summed E-state index contributed by atoms with van der Waals surface area (Å²) in [6.45, 7) is 11.5. The minimum atomic E-state index is -0.311. The first-order valence-corrected chi connectivity index (χ1v) is 10.8. The molecule has 1 aromatic heterocycles. The average Bonchev–Trinajstić information content (AvgIpc) is 3.14. The van der Waals surface area contributed by atoms with E-state index in [1.807, 2.05) is 6.07 Å². The van der Waals surface area contributed by atoms with Crippen LogP contribution in [0.3, 0.4) is 0 Å². The molecule has 1 heterocycles. The fourth-order valence-electron chi connectivity index (χ4n) is 4.45. The van der Waals surface area contributed by atoms with E-state index in [9.17, 15) is 4.79 Å². The Kier molecular flexibility index (Phi) is 6.44. The third kappa shape index (κ3) is 4.47. The number of benzene rings is 1. The molecule has 5 nitrogen and oxygen atoms in total. The number of aryl methyl sites for hydroxylation is 1. The van der Waals surface area contributed by atoms with Crippen LogP contribution in [0.4, 0.5) is 0 Å². The SMILES string of the molecule is Cc1cc2c(cc1Cc1ccc(C(=O)N(CCO)CCO)o1)C(C)(C)CCC2(C)C. The zero-order chi connectivity index (χ0) is 22.1. The second-order valence-electron chi connectivity index (χ2n) is 9.77. The van der Waals surface area contributed by atoms with E-state index in [2.05, 4.69) is 46.8 Å². The predicted molar refractivity (Wildman–Crippen MR) is 118 cm³/mol. The summed E-state index contributed by atoms with van der Waals surface area (Å²) >= 11 is 0. The molecule has 30 heavy (non-hydrogen) atoms. The molecule has 0 fully saturated rings. The van der Waals surface area contributed by atoms with E-state index in [0.29, 0.717) is 6.42 Å².